The molecule has 0 unspecified atom stereocenters. The maximum absolute atomic E-state index is 12.6. The first-order chi connectivity index (χ1) is 12.1. The maximum Gasteiger partial charge on any atom is 0.266 e. The lowest BCUT2D eigenvalue weighted by Crippen LogP contribution is -2.28. The lowest BCUT2D eigenvalue weighted by molar-refractivity contribution is -0.122. The number of amidine groups is 1. The number of carbonyl (C=O) groups excluding carboxylic acids is 1. The summed E-state index contributed by atoms with van der Waals surface area (Å²) in [6.07, 6.45) is 1.78. The second-order valence-electron chi connectivity index (χ2n) is 5.32. The number of hydrogen-bond acceptors (Lipinski definition) is 5. The van der Waals surface area contributed by atoms with Gasteiger partial charge in [-0.15, -0.1) is 0 Å². The number of phenolic OH excluding ortho intramolecular Hbond substituents is 1. The third kappa shape index (κ3) is 3.69. The van der Waals surface area contributed by atoms with E-state index in [4.69, 9.17) is 4.74 Å². The summed E-state index contributed by atoms with van der Waals surface area (Å²) >= 11 is 1.34. The number of para-hydroxylation sites is 1. The summed E-state index contributed by atoms with van der Waals surface area (Å²) in [6.45, 7) is 2.47. The van der Waals surface area contributed by atoms with Crippen LogP contribution in [0.5, 0.6) is 11.5 Å². The van der Waals surface area contributed by atoms with Crippen molar-refractivity contribution in [2.75, 3.05) is 13.7 Å². The first-order valence-electron chi connectivity index (χ1n) is 7.84. The fourth-order valence-electron chi connectivity index (χ4n) is 2.42. The molecule has 0 aliphatic carbocycles. The molecular weight excluding hydrogens is 336 g/mol. The van der Waals surface area contributed by atoms with Gasteiger partial charge in [-0.1, -0.05) is 24.3 Å². The number of aliphatic imine (C=N–C) groups is 1. The number of thioether (sulfide) groups is 1. The third-order valence-electron chi connectivity index (χ3n) is 3.69. The van der Waals surface area contributed by atoms with Crippen molar-refractivity contribution in [3.05, 3.63) is 59.0 Å². The molecule has 128 valence electrons. The number of likely N-dealkylation sites (N-methyl/N-ethyl adjacent to an activating group) is 1. The molecule has 0 radical (unpaired) electrons. The molecule has 1 fully saturated rings. The Balaban J connectivity index is 1.93. The number of phenols is 1. The molecule has 2 aromatic rings. The van der Waals surface area contributed by atoms with Crippen molar-refractivity contribution >= 4 is 34.6 Å². The van der Waals surface area contributed by atoms with Crippen LogP contribution >= 0.6 is 11.8 Å². The number of hydrogen-bond donors (Lipinski definition) is 1. The fourth-order valence-corrected chi connectivity index (χ4v) is 3.48. The highest BCUT2D eigenvalue weighted by atomic mass is 32.2. The maximum atomic E-state index is 12.6. The van der Waals surface area contributed by atoms with Gasteiger partial charge in [0.15, 0.2) is 16.7 Å². The van der Waals surface area contributed by atoms with Crippen molar-refractivity contribution < 1.29 is 14.6 Å². The highest BCUT2D eigenvalue weighted by Crippen LogP contribution is 2.35. The third-order valence-corrected chi connectivity index (χ3v) is 4.69. The zero-order valence-corrected chi connectivity index (χ0v) is 14.8. The van der Waals surface area contributed by atoms with E-state index >= 15 is 0 Å². The van der Waals surface area contributed by atoms with Gasteiger partial charge in [-0.3, -0.25) is 9.69 Å². The largest absolute Gasteiger partial charge is 0.504 e. The van der Waals surface area contributed by atoms with Crippen LogP contribution in [0.3, 0.4) is 0 Å². The SMILES string of the molecule is CCN1C(=O)/C(=C\c2ccc(O)c(OC)c2)SC1=Nc1ccccc1. The zero-order chi connectivity index (χ0) is 17.8. The summed E-state index contributed by atoms with van der Waals surface area (Å²) in [5, 5.41) is 10.4. The Morgan fingerprint density at radius 1 is 1.24 bits per heavy atom. The zero-order valence-electron chi connectivity index (χ0n) is 14.0. The van der Waals surface area contributed by atoms with Gasteiger partial charge in [-0.25, -0.2) is 4.99 Å². The van der Waals surface area contributed by atoms with Crippen LogP contribution in [0.4, 0.5) is 5.69 Å². The fraction of sp³-hybridized carbons (Fsp3) is 0.158. The number of carbonyl (C=O) groups is 1. The number of benzene rings is 2. The topological polar surface area (TPSA) is 62.1 Å². The van der Waals surface area contributed by atoms with E-state index in [2.05, 4.69) is 4.99 Å². The predicted molar refractivity (Wildman–Crippen MR) is 101 cm³/mol. The molecule has 0 spiro atoms. The molecule has 0 aromatic heterocycles. The first-order valence-corrected chi connectivity index (χ1v) is 8.66. The average Bonchev–Trinajstić information content (AvgIpc) is 2.92. The smallest absolute Gasteiger partial charge is 0.266 e. The van der Waals surface area contributed by atoms with Crippen LogP contribution in [0.1, 0.15) is 12.5 Å². The first kappa shape index (κ1) is 17.1. The minimum absolute atomic E-state index is 0.0663. The van der Waals surface area contributed by atoms with Crippen molar-refractivity contribution in [1.29, 1.82) is 0 Å². The molecule has 6 heteroatoms. The molecule has 1 N–H and O–H groups in total. The lowest BCUT2D eigenvalue weighted by atomic mass is 10.2. The Hall–Kier alpha value is -2.73. The Morgan fingerprint density at radius 3 is 2.68 bits per heavy atom. The average molecular weight is 354 g/mol. The summed E-state index contributed by atoms with van der Waals surface area (Å²) in [5.41, 5.74) is 1.59. The van der Waals surface area contributed by atoms with Crippen molar-refractivity contribution in [2.45, 2.75) is 6.92 Å². The van der Waals surface area contributed by atoms with Gasteiger partial charge in [0.25, 0.3) is 5.91 Å². The van der Waals surface area contributed by atoms with Gasteiger partial charge < -0.3 is 9.84 Å². The monoisotopic (exact) mass is 354 g/mol. The molecule has 1 saturated heterocycles. The van der Waals surface area contributed by atoms with Crippen molar-refractivity contribution in [1.82, 2.24) is 4.90 Å². The summed E-state index contributed by atoms with van der Waals surface area (Å²) in [5.74, 6) is 0.362. The summed E-state index contributed by atoms with van der Waals surface area (Å²) in [6, 6.07) is 14.5. The molecule has 1 aliphatic heterocycles. The second-order valence-corrected chi connectivity index (χ2v) is 6.33. The van der Waals surface area contributed by atoms with Gasteiger partial charge in [0.1, 0.15) is 0 Å². The summed E-state index contributed by atoms with van der Waals surface area (Å²) < 4.78 is 5.11. The van der Waals surface area contributed by atoms with Crippen LogP contribution in [0.15, 0.2) is 58.4 Å². The number of methoxy groups -OCH3 is 1. The minimum Gasteiger partial charge on any atom is -0.504 e. The Morgan fingerprint density at radius 2 is 2.00 bits per heavy atom. The second kappa shape index (κ2) is 7.44. The van der Waals surface area contributed by atoms with Gasteiger partial charge >= 0.3 is 0 Å². The summed E-state index contributed by atoms with van der Waals surface area (Å²) in [4.78, 5) is 19.5. The van der Waals surface area contributed by atoms with Crippen LogP contribution in [0.2, 0.25) is 0 Å². The molecule has 1 amide bonds. The molecular formula is C19H18N2O3S. The van der Waals surface area contributed by atoms with Gasteiger partial charge in [0.2, 0.25) is 0 Å². The van der Waals surface area contributed by atoms with E-state index in [-0.39, 0.29) is 11.7 Å². The van der Waals surface area contributed by atoms with E-state index in [9.17, 15) is 9.90 Å². The van der Waals surface area contributed by atoms with E-state index in [1.807, 2.05) is 37.3 Å². The van der Waals surface area contributed by atoms with Crippen LogP contribution < -0.4 is 4.74 Å². The van der Waals surface area contributed by atoms with Crippen molar-refractivity contribution in [2.24, 2.45) is 4.99 Å². The Bertz CT molecular complexity index is 847. The molecule has 1 heterocycles. The van der Waals surface area contributed by atoms with Crippen molar-refractivity contribution in [3.63, 3.8) is 0 Å². The number of aromatic hydroxyl groups is 1. The van der Waals surface area contributed by atoms with E-state index in [1.165, 1.54) is 18.9 Å². The van der Waals surface area contributed by atoms with E-state index < -0.39 is 0 Å². The number of rotatable bonds is 4. The van der Waals surface area contributed by atoms with Crippen molar-refractivity contribution in [3.8, 4) is 11.5 Å². The molecule has 25 heavy (non-hydrogen) atoms. The van der Waals surface area contributed by atoms with Gasteiger partial charge in [-0.05, 0) is 54.6 Å². The highest BCUT2D eigenvalue weighted by molar-refractivity contribution is 8.18. The standard InChI is InChI=1S/C19H18N2O3S/c1-3-21-18(23)17(12-13-9-10-15(22)16(11-13)24-2)25-19(21)20-14-7-5-4-6-8-14/h4-12,22H,3H2,1-2H3/b17-12+,20-19?. The number of nitrogens with zero attached hydrogens (tertiary/aromatic N) is 2. The number of amides is 1. The quantitative estimate of drug-likeness (QED) is 0.842. The molecule has 0 bridgehead atoms. The van der Waals surface area contributed by atoms with Gasteiger partial charge in [0, 0.05) is 6.54 Å². The van der Waals surface area contributed by atoms with Crippen LogP contribution in [0.25, 0.3) is 6.08 Å². The Labute approximate surface area is 150 Å². The molecule has 2 aromatic carbocycles. The van der Waals surface area contributed by atoms with E-state index in [0.29, 0.717) is 22.4 Å². The van der Waals surface area contributed by atoms with Gasteiger partial charge in [-0.2, -0.15) is 0 Å². The molecule has 1 aliphatic rings. The van der Waals surface area contributed by atoms with E-state index in [1.54, 1.807) is 29.2 Å². The van der Waals surface area contributed by atoms with Crippen LogP contribution in [-0.4, -0.2) is 34.7 Å². The molecule has 0 saturated carbocycles. The molecule has 3 rings (SSSR count). The van der Waals surface area contributed by atoms with Crippen LogP contribution in [0, 0.1) is 0 Å². The number of ether oxygens (including phenoxy) is 1. The van der Waals surface area contributed by atoms with E-state index in [0.717, 1.165) is 11.3 Å². The van der Waals surface area contributed by atoms with Crippen LogP contribution in [-0.2, 0) is 4.79 Å². The summed E-state index contributed by atoms with van der Waals surface area (Å²) in [7, 11) is 1.49. The minimum atomic E-state index is -0.0748. The Kier molecular flexibility index (Phi) is 5.09. The predicted octanol–water partition coefficient (Wildman–Crippen LogP) is 4.02. The lowest BCUT2D eigenvalue weighted by Gasteiger charge is -2.11. The van der Waals surface area contributed by atoms with Gasteiger partial charge in [0.05, 0.1) is 17.7 Å². The molecule has 5 nitrogen and oxygen atoms in total. The molecule has 0 atom stereocenters. The highest BCUT2D eigenvalue weighted by Gasteiger charge is 2.32. The normalized spacial score (nSPS) is 17.5.